The number of amides is 1. The number of hydrogen-bond acceptors (Lipinski definition) is 3. The van der Waals surface area contributed by atoms with Crippen molar-refractivity contribution >= 4 is 5.91 Å². The number of likely N-dealkylation sites (N-methyl/N-ethyl adjacent to an activating group) is 1. The van der Waals surface area contributed by atoms with Crippen LogP contribution in [0.1, 0.15) is 0 Å². The average molecular weight is 211 g/mol. The van der Waals surface area contributed by atoms with Crippen molar-refractivity contribution in [2.75, 3.05) is 40.8 Å². The summed E-state index contributed by atoms with van der Waals surface area (Å²) in [7, 11) is 6.07. The van der Waals surface area contributed by atoms with Crippen LogP contribution in [0.3, 0.4) is 0 Å². The van der Waals surface area contributed by atoms with Gasteiger partial charge in [0.25, 0.3) is 0 Å². The van der Waals surface area contributed by atoms with E-state index in [0.29, 0.717) is 12.0 Å². The summed E-state index contributed by atoms with van der Waals surface area (Å²) in [6.07, 6.45) is 1.39. The fourth-order valence-corrected chi connectivity index (χ4v) is 2.16. The minimum atomic E-state index is 0.0384. The van der Waals surface area contributed by atoms with E-state index in [1.54, 1.807) is 0 Å². The number of carbonyl (C=O) groups excluding carboxylic acids is 1. The number of likely N-dealkylation sites (tertiary alicyclic amines) is 1. The van der Waals surface area contributed by atoms with Crippen molar-refractivity contribution in [1.29, 1.82) is 0 Å². The van der Waals surface area contributed by atoms with Crippen LogP contribution in [0.5, 0.6) is 0 Å². The molecule has 4 nitrogen and oxygen atoms in total. The highest BCUT2D eigenvalue weighted by Gasteiger charge is 2.33. The van der Waals surface area contributed by atoms with Gasteiger partial charge in [-0.1, -0.05) is 6.58 Å². The van der Waals surface area contributed by atoms with Crippen LogP contribution in [-0.4, -0.2) is 62.5 Å². The maximum Gasteiger partial charge on any atom is 0.246 e. The van der Waals surface area contributed by atoms with Gasteiger partial charge in [0, 0.05) is 31.6 Å². The topological polar surface area (TPSA) is 35.6 Å². The summed E-state index contributed by atoms with van der Waals surface area (Å²) in [4.78, 5) is 15.5. The van der Waals surface area contributed by atoms with E-state index in [2.05, 4.69) is 30.9 Å². The third-order valence-electron chi connectivity index (χ3n) is 2.90. The fourth-order valence-electron chi connectivity index (χ4n) is 2.16. The van der Waals surface area contributed by atoms with Crippen molar-refractivity contribution in [3.8, 4) is 0 Å². The Bertz CT molecular complexity index is 240. The van der Waals surface area contributed by atoms with Crippen LogP contribution in [0.2, 0.25) is 0 Å². The molecule has 2 atom stereocenters. The summed E-state index contributed by atoms with van der Waals surface area (Å²) in [6, 6.07) is 0.399. The lowest BCUT2D eigenvalue weighted by Crippen LogP contribution is -2.38. The molecule has 86 valence electrons. The van der Waals surface area contributed by atoms with E-state index >= 15 is 0 Å². The maximum atomic E-state index is 11.5. The Hall–Kier alpha value is -0.870. The smallest absolute Gasteiger partial charge is 0.246 e. The predicted molar refractivity (Wildman–Crippen MR) is 61.7 cm³/mol. The van der Waals surface area contributed by atoms with E-state index in [0.717, 1.165) is 19.6 Å². The highest BCUT2D eigenvalue weighted by atomic mass is 16.2. The summed E-state index contributed by atoms with van der Waals surface area (Å²) in [5.41, 5.74) is 0. The Morgan fingerprint density at radius 1 is 1.60 bits per heavy atom. The van der Waals surface area contributed by atoms with E-state index < -0.39 is 0 Å². The van der Waals surface area contributed by atoms with Gasteiger partial charge in [0.1, 0.15) is 0 Å². The van der Waals surface area contributed by atoms with Crippen LogP contribution >= 0.6 is 0 Å². The van der Waals surface area contributed by atoms with Gasteiger partial charge in [-0.2, -0.15) is 0 Å². The molecule has 1 rings (SSSR count). The van der Waals surface area contributed by atoms with Gasteiger partial charge in [-0.3, -0.25) is 4.79 Å². The molecule has 0 aliphatic carbocycles. The lowest BCUT2D eigenvalue weighted by atomic mass is 10.0. The molecule has 1 aliphatic rings. The number of nitrogens with one attached hydrogen (secondary N) is 1. The third-order valence-corrected chi connectivity index (χ3v) is 2.90. The third kappa shape index (κ3) is 3.04. The molecule has 1 fully saturated rings. The highest BCUT2D eigenvalue weighted by Crippen LogP contribution is 2.17. The minimum absolute atomic E-state index is 0.0384. The first-order valence-electron chi connectivity index (χ1n) is 5.31. The molecule has 0 aromatic carbocycles. The van der Waals surface area contributed by atoms with E-state index in [4.69, 9.17) is 0 Å². The van der Waals surface area contributed by atoms with Gasteiger partial charge < -0.3 is 15.1 Å². The second-order valence-electron chi connectivity index (χ2n) is 4.36. The zero-order valence-electron chi connectivity index (χ0n) is 9.86. The summed E-state index contributed by atoms with van der Waals surface area (Å²) >= 11 is 0. The van der Waals surface area contributed by atoms with Crippen molar-refractivity contribution in [3.05, 3.63) is 12.7 Å². The maximum absolute atomic E-state index is 11.5. The van der Waals surface area contributed by atoms with Gasteiger partial charge in [-0.25, -0.2) is 0 Å². The standard InChI is InChI=1S/C11H21N3O/c1-5-11(15)14-7-9(6-13(3)4)10(8-14)12-2/h5,9-10,12H,1,6-8H2,2-4H3/t9-,10-/m1/s1. The molecule has 0 spiro atoms. The van der Waals surface area contributed by atoms with Crippen LogP contribution in [-0.2, 0) is 4.79 Å². The SMILES string of the molecule is C=CC(=O)N1C[C@@H](CN(C)C)[C@H](NC)C1. The molecule has 0 bridgehead atoms. The average Bonchev–Trinajstić information content (AvgIpc) is 2.59. The minimum Gasteiger partial charge on any atom is -0.337 e. The van der Waals surface area contributed by atoms with Gasteiger partial charge in [-0.15, -0.1) is 0 Å². The summed E-state index contributed by atoms with van der Waals surface area (Å²) in [5.74, 6) is 0.547. The van der Waals surface area contributed by atoms with Crippen molar-refractivity contribution in [3.63, 3.8) is 0 Å². The van der Waals surface area contributed by atoms with Gasteiger partial charge in [-0.05, 0) is 27.2 Å². The first kappa shape index (κ1) is 12.2. The van der Waals surface area contributed by atoms with E-state index in [1.165, 1.54) is 6.08 Å². The Kier molecular flexibility index (Phi) is 4.29. The second kappa shape index (κ2) is 5.28. The molecule has 1 amide bonds. The van der Waals surface area contributed by atoms with E-state index in [9.17, 15) is 4.79 Å². The Morgan fingerprint density at radius 3 is 2.73 bits per heavy atom. The van der Waals surface area contributed by atoms with Crippen molar-refractivity contribution in [2.45, 2.75) is 6.04 Å². The van der Waals surface area contributed by atoms with Crippen molar-refractivity contribution in [2.24, 2.45) is 5.92 Å². The molecule has 1 N–H and O–H groups in total. The van der Waals surface area contributed by atoms with E-state index in [-0.39, 0.29) is 5.91 Å². The van der Waals surface area contributed by atoms with Crippen molar-refractivity contribution in [1.82, 2.24) is 15.1 Å². The highest BCUT2D eigenvalue weighted by molar-refractivity contribution is 5.87. The predicted octanol–water partition coefficient (Wildman–Crippen LogP) is -0.220. The summed E-state index contributed by atoms with van der Waals surface area (Å²) in [5, 5.41) is 3.27. The number of carbonyl (C=O) groups is 1. The second-order valence-corrected chi connectivity index (χ2v) is 4.36. The largest absolute Gasteiger partial charge is 0.337 e. The lowest BCUT2D eigenvalue weighted by Gasteiger charge is -2.20. The van der Waals surface area contributed by atoms with E-state index in [1.807, 2.05) is 11.9 Å². The molecule has 0 saturated carbocycles. The molecule has 0 aromatic rings. The number of rotatable bonds is 4. The van der Waals surface area contributed by atoms with Crippen LogP contribution in [0.25, 0.3) is 0 Å². The molecule has 1 aliphatic heterocycles. The van der Waals surface area contributed by atoms with Crippen LogP contribution < -0.4 is 5.32 Å². The summed E-state index contributed by atoms with van der Waals surface area (Å²) < 4.78 is 0. The molecule has 0 unspecified atom stereocenters. The van der Waals surface area contributed by atoms with Crippen LogP contribution in [0, 0.1) is 5.92 Å². The molecule has 0 radical (unpaired) electrons. The molecular formula is C11H21N3O. The first-order chi connectivity index (χ1) is 7.08. The lowest BCUT2D eigenvalue weighted by molar-refractivity contribution is -0.125. The first-order valence-corrected chi connectivity index (χ1v) is 5.31. The number of nitrogens with zero attached hydrogens (tertiary/aromatic N) is 2. The zero-order chi connectivity index (χ0) is 11.4. The fraction of sp³-hybridized carbons (Fsp3) is 0.727. The van der Waals surface area contributed by atoms with Gasteiger partial charge in [0.15, 0.2) is 0 Å². The monoisotopic (exact) mass is 211 g/mol. The molecule has 15 heavy (non-hydrogen) atoms. The number of hydrogen-bond donors (Lipinski definition) is 1. The summed E-state index contributed by atoms with van der Waals surface area (Å²) in [6.45, 7) is 6.15. The quantitative estimate of drug-likeness (QED) is 0.653. The molecule has 1 heterocycles. The zero-order valence-corrected chi connectivity index (χ0v) is 9.86. The Morgan fingerprint density at radius 2 is 2.27 bits per heavy atom. The van der Waals surface area contributed by atoms with Gasteiger partial charge in [0.05, 0.1) is 0 Å². The molecular weight excluding hydrogens is 190 g/mol. The van der Waals surface area contributed by atoms with Gasteiger partial charge >= 0.3 is 0 Å². The van der Waals surface area contributed by atoms with Crippen LogP contribution in [0.4, 0.5) is 0 Å². The molecule has 4 heteroatoms. The molecule has 0 aromatic heterocycles. The van der Waals surface area contributed by atoms with Crippen molar-refractivity contribution < 1.29 is 4.79 Å². The Labute approximate surface area is 91.9 Å². The van der Waals surface area contributed by atoms with Gasteiger partial charge in [0.2, 0.25) is 5.91 Å². The Balaban J connectivity index is 2.58. The molecule has 1 saturated heterocycles. The normalized spacial score (nSPS) is 26.0. The van der Waals surface area contributed by atoms with Crippen LogP contribution in [0.15, 0.2) is 12.7 Å².